The lowest BCUT2D eigenvalue weighted by Gasteiger charge is -2.09. The van der Waals surface area contributed by atoms with Crippen molar-refractivity contribution in [2.75, 3.05) is 19.0 Å². The number of nitrogens with one attached hydrogen (secondary N) is 2. The van der Waals surface area contributed by atoms with Crippen molar-refractivity contribution in [3.8, 4) is 5.75 Å². The average Bonchev–Trinajstić information content (AvgIpc) is 2.69. The highest BCUT2D eigenvalue weighted by molar-refractivity contribution is 5.94. The highest BCUT2D eigenvalue weighted by atomic mass is 19.1. The largest absolute Gasteiger partial charge is 0.496 e. The molecular formula is C21H20FN3O2. The molecule has 5 nitrogen and oxygen atoms in total. The zero-order valence-corrected chi connectivity index (χ0v) is 14.9. The van der Waals surface area contributed by atoms with Crippen LogP contribution in [-0.2, 0) is 6.42 Å². The van der Waals surface area contributed by atoms with Crippen LogP contribution in [0.1, 0.15) is 15.9 Å². The van der Waals surface area contributed by atoms with Crippen molar-refractivity contribution in [2.24, 2.45) is 0 Å². The van der Waals surface area contributed by atoms with Crippen molar-refractivity contribution < 1.29 is 13.9 Å². The van der Waals surface area contributed by atoms with Gasteiger partial charge in [-0.25, -0.2) is 9.37 Å². The zero-order chi connectivity index (χ0) is 19.1. The number of nitrogens with zero attached hydrogens (tertiary/aromatic N) is 1. The minimum Gasteiger partial charge on any atom is -0.496 e. The Hall–Kier alpha value is -3.41. The number of anilines is 2. The molecule has 27 heavy (non-hydrogen) atoms. The Morgan fingerprint density at radius 1 is 1.11 bits per heavy atom. The van der Waals surface area contributed by atoms with Crippen LogP contribution in [0.3, 0.4) is 0 Å². The Kier molecular flexibility index (Phi) is 5.99. The molecule has 0 unspecified atom stereocenters. The van der Waals surface area contributed by atoms with E-state index in [2.05, 4.69) is 15.6 Å². The summed E-state index contributed by atoms with van der Waals surface area (Å²) < 4.78 is 18.5. The first-order chi connectivity index (χ1) is 13.2. The summed E-state index contributed by atoms with van der Waals surface area (Å²) in [6.07, 6.45) is 2.16. The van der Waals surface area contributed by atoms with E-state index in [1.165, 1.54) is 18.3 Å². The third kappa shape index (κ3) is 5.04. The lowest BCUT2D eigenvalue weighted by Crippen LogP contribution is -2.25. The summed E-state index contributed by atoms with van der Waals surface area (Å²) in [7, 11) is 1.63. The van der Waals surface area contributed by atoms with Gasteiger partial charge in [-0.3, -0.25) is 4.79 Å². The molecule has 0 radical (unpaired) electrons. The lowest BCUT2D eigenvalue weighted by molar-refractivity contribution is 0.0953. The number of halogens is 1. The number of pyridine rings is 1. The van der Waals surface area contributed by atoms with Crippen molar-refractivity contribution in [3.05, 3.63) is 83.8 Å². The number of aromatic nitrogens is 1. The molecular weight excluding hydrogens is 345 g/mol. The van der Waals surface area contributed by atoms with Crippen LogP contribution in [0.4, 0.5) is 15.9 Å². The minimum atomic E-state index is -0.328. The molecule has 6 heteroatoms. The van der Waals surface area contributed by atoms with Crippen molar-refractivity contribution >= 4 is 17.4 Å². The summed E-state index contributed by atoms with van der Waals surface area (Å²) in [5.41, 5.74) is 2.09. The molecule has 0 aliphatic carbocycles. The predicted octanol–water partition coefficient (Wildman–Crippen LogP) is 3.95. The molecule has 2 aromatic carbocycles. The van der Waals surface area contributed by atoms with Crippen LogP contribution in [0.2, 0.25) is 0 Å². The monoisotopic (exact) mass is 365 g/mol. The van der Waals surface area contributed by atoms with E-state index in [9.17, 15) is 9.18 Å². The van der Waals surface area contributed by atoms with Gasteiger partial charge in [0.05, 0.1) is 12.7 Å². The Labute approximate surface area is 157 Å². The summed E-state index contributed by atoms with van der Waals surface area (Å²) in [6.45, 7) is 0.489. The van der Waals surface area contributed by atoms with Crippen LogP contribution in [0.25, 0.3) is 0 Å². The third-order valence-corrected chi connectivity index (χ3v) is 4.00. The van der Waals surface area contributed by atoms with Crippen LogP contribution in [-0.4, -0.2) is 24.5 Å². The second kappa shape index (κ2) is 8.80. The highest BCUT2D eigenvalue weighted by Gasteiger charge is 2.07. The second-order valence-corrected chi connectivity index (χ2v) is 5.89. The molecule has 0 fully saturated rings. The van der Waals surface area contributed by atoms with Crippen molar-refractivity contribution in [1.29, 1.82) is 0 Å². The van der Waals surface area contributed by atoms with Gasteiger partial charge in [-0.1, -0.05) is 24.3 Å². The zero-order valence-electron chi connectivity index (χ0n) is 14.9. The summed E-state index contributed by atoms with van der Waals surface area (Å²) in [4.78, 5) is 16.5. The first-order valence-corrected chi connectivity index (χ1v) is 8.54. The molecule has 0 bridgehead atoms. The Bertz CT molecular complexity index is 913. The van der Waals surface area contributed by atoms with Gasteiger partial charge in [0.2, 0.25) is 0 Å². The number of amides is 1. The maximum Gasteiger partial charge on any atom is 0.252 e. The molecule has 0 saturated carbocycles. The number of benzene rings is 2. The molecule has 3 rings (SSSR count). The van der Waals surface area contributed by atoms with E-state index in [1.807, 2.05) is 24.3 Å². The molecule has 138 valence electrons. The van der Waals surface area contributed by atoms with Crippen molar-refractivity contribution in [1.82, 2.24) is 10.3 Å². The average molecular weight is 365 g/mol. The molecule has 0 saturated heterocycles. The molecule has 0 atom stereocenters. The number of ether oxygens (including phenoxy) is 1. The predicted molar refractivity (Wildman–Crippen MR) is 103 cm³/mol. The van der Waals surface area contributed by atoms with Crippen molar-refractivity contribution in [2.45, 2.75) is 6.42 Å². The molecule has 3 aromatic rings. The number of para-hydroxylation sites is 1. The number of hydrogen-bond acceptors (Lipinski definition) is 4. The van der Waals surface area contributed by atoms with Gasteiger partial charge >= 0.3 is 0 Å². The fraction of sp³-hybridized carbons (Fsp3) is 0.143. The van der Waals surface area contributed by atoms with E-state index >= 15 is 0 Å². The van der Waals surface area contributed by atoms with E-state index in [0.29, 0.717) is 30.0 Å². The number of hydrogen-bond donors (Lipinski definition) is 2. The Balaban J connectivity index is 1.54. The van der Waals surface area contributed by atoms with Crippen LogP contribution in [0, 0.1) is 5.82 Å². The van der Waals surface area contributed by atoms with Crippen LogP contribution < -0.4 is 15.4 Å². The summed E-state index contributed by atoms with van der Waals surface area (Å²) in [5.74, 6) is 0.813. The third-order valence-electron chi connectivity index (χ3n) is 4.00. The van der Waals surface area contributed by atoms with E-state index < -0.39 is 0 Å². The van der Waals surface area contributed by atoms with Crippen LogP contribution in [0.15, 0.2) is 66.9 Å². The normalized spacial score (nSPS) is 10.3. The Morgan fingerprint density at radius 2 is 1.96 bits per heavy atom. The highest BCUT2D eigenvalue weighted by Crippen LogP contribution is 2.18. The van der Waals surface area contributed by atoms with Gasteiger partial charge in [0, 0.05) is 18.4 Å². The van der Waals surface area contributed by atoms with Gasteiger partial charge < -0.3 is 15.4 Å². The Morgan fingerprint density at radius 3 is 2.70 bits per heavy atom. The molecule has 1 heterocycles. The molecule has 0 aliphatic heterocycles. The van der Waals surface area contributed by atoms with Gasteiger partial charge in [0.1, 0.15) is 17.4 Å². The summed E-state index contributed by atoms with van der Waals surface area (Å²) >= 11 is 0. The van der Waals surface area contributed by atoms with E-state index in [4.69, 9.17) is 4.74 Å². The fourth-order valence-corrected chi connectivity index (χ4v) is 2.64. The summed E-state index contributed by atoms with van der Waals surface area (Å²) in [6, 6.07) is 17.2. The van der Waals surface area contributed by atoms with Gasteiger partial charge in [-0.05, 0) is 48.4 Å². The first kappa shape index (κ1) is 18.4. The number of methoxy groups -OCH3 is 1. The molecule has 1 amide bonds. The number of carbonyl (C=O) groups excluding carboxylic acids is 1. The molecule has 1 aromatic heterocycles. The smallest absolute Gasteiger partial charge is 0.252 e. The minimum absolute atomic E-state index is 0.199. The molecule has 2 N–H and O–H groups in total. The second-order valence-electron chi connectivity index (χ2n) is 5.89. The molecule has 0 aliphatic rings. The van der Waals surface area contributed by atoms with E-state index in [-0.39, 0.29) is 11.7 Å². The van der Waals surface area contributed by atoms with Crippen LogP contribution in [0.5, 0.6) is 5.75 Å². The topological polar surface area (TPSA) is 63.2 Å². The quantitative estimate of drug-likeness (QED) is 0.666. The van der Waals surface area contributed by atoms with Gasteiger partial charge in [-0.15, -0.1) is 0 Å². The summed E-state index contributed by atoms with van der Waals surface area (Å²) in [5, 5.41) is 5.86. The molecule has 0 spiro atoms. The maximum atomic E-state index is 13.2. The van der Waals surface area contributed by atoms with Crippen molar-refractivity contribution in [3.63, 3.8) is 0 Å². The van der Waals surface area contributed by atoms with Gasteiger partial charge in [0.15, 0.2) is 0 Å². The van der Waals surface area contributed by atoms with Gasteiger partial charge in [-0.2, -0.15) is 0 Å². The van der Waals surface area contributed by atoms with E-state index in [1.54, 1.807) is 31.4 Å². The number of carbonyl (C=O) groups is 1. The lowest BCUT2D eigenvalue weighted by atomic mass is 10.1. The fourth-order valence-electron chi connectivity index (χ4n) is 2.64. The number of rotatable bonds is 7. The van der Waals surface area contributed by atoms with E-state index in [0.717, 1.165) is 11.3 Å². The SMILES string of the molecule is COc1ccccc1CCNC(=O)c1ccc(Nc2cccc(F)c2)nc1. The van der Waals surface area contributed by atoms with Gasteiger partial charge in [0.25, 0.3) is 5.91 Å². The maximum absolute atomic E-state index is 13.2. The first-order valence-electron chi connectivity index (χ1n) is 8.54. The van der Waals surface area contributed by atoms with Crippen LogP contribution >= 0.6 is 0 Å². The standard InChI is InChI=1S/C21H20FN3O2/c1-27-19-8-3-2-5-15(19)11-12-23-21(26)16-9-10-20(24-14-16)25-18-7-4-6-17(22)13-18/h2-10,13-14H,11-12H2,1H3,(H,23,26)(H,24,25).